The maximum atomic E-state index is 12.9. The molecule has 12 heteroatoms. The Hall–Kier alpha value is -3.01. The molecule has 1 aromatic carbocycles. The van der Waals surface area contributed by atoms with E-state index < -0.39 is 13.6 Å². The summed E-state index contributed by atoms with van der Waals surface area (Å²) in [5.41, 5.74) is 13.0. The Morgan fingerprint density at radius 2 is 1.83 bits per heavy atom. The highest BCUT2D eigenvalue weighted by Crippen LogP contribution is 2.46. The molecule has 160 valence electrons. The normalized spacial score (nSPS) is 11.7. The summed E-state index contributed by atoms with van der Waals surface area (Å²) in [6.45, 7) is 4.49. The number of aromatic nitrogens is 4. The zero-order valence-electron chi connectivity index (χ0n) is 16.9. The summed E-state index contributed by atoms with van der Waals surface area (Å²) in [4.78, 5) is 20.2. The lowest BCUT2D eigenvalue weighted by atomic mass is 10.2. The molecule has 3 aromatic rings. The molecule has 0 atom stereocenters. The molecule has 0 unspecified atom stereocenters. The van der Waals surface area contributed by atoms with E-state index >= 15 is 0 Å². The zero-order chi connectivity index (χ0) is 21.9. The number of benzene rings is 1. The van der Waals surface area contributed by atoms with E-state index in [1.54, 1.807) is 36.9 Å². The quantitative estimate of drug-likeness (QED) is 0.396. The lowest BCUT2D eigenvalue weighted by Gasteiger charge is -2.17. The van der Waals surface area contributed by atoms with Gasteiger partial charge >= 0.3 is 19.6 Å². The van der Waals surface area contributed by atoms with Crippen LogP contribution in [0.2, 0.25) is 0 Å². The first-order valence-electron chi connectivity index (χ1n) is 9.23. The van der Waals surface area contributed by atoms with E-state index in [-0.39, 0.29) is 25.0 Å². The predicted octanol–water partition coefficient (Wildman–Crippen LogP) is 1.18. The van der Waals surface area contributed by atoms with Crippen molar-refractivity contribution in [2.45, 2.75) is 20.4 Å². The van der Waals surface area contributed by atoms with Crippen LogP contribution in [0, 0.1) is 0 Å². The largest absolute Gasteiger partial charge is 0.450 e. The van der Waals surface area contributed by atoms with E-state index in [4.69, 9.17) is 25.3 Å². The van der Waals surface area contributed by atoms with E-state index in [1.165, 1.54) is 7.11 Å². The molecule has 0 radical (unpaired) electrons. The third-order valence-corrected chi connectivity index (χ3v) is 6.42. The molecule has 0 fully saturated rings. The number of nitrogens with two attached hydrogens (primary N) is 2. The number of methoxy groups -OCH3 is 1. The van der Waals surface area contributed by atoms with Gasteiger partial charge in [-0.25, -0.2) is 9.78 Å². The summed E-state index contributed by atoms with van der Waals surface area (Å²) < 4.78 is 31.5. The van der Waals surface area contributed by atoms with Crippen molar-refractivity contribution in [2.24, 2.45) is 5.73 Å². The number of fused-ring (bicyclic) bond motifs is 1. The van der Waals surface area contributed by atoms with Gasteiger partial charge in [0.15, 0.2) is 5.52 Å². The van der Waals surface area contributed by atoms with E-state index in [1.807, 2.05) is 12.1 Å². The molecule has 3 rings (SSSR count). The summed E-state index contributed by atoms with van der Waals surface area (Å²) in [6, 6.07) is 6.20. The minimum atomic E-state index is -3.34. The maximum Gasteiger partial charge on any atom is 0.414 e. The van der Waals surface area contributed by atoms with E-state index in [0.717, 1.165) is 10.1 Å². The first-order valence-corrected chi connectivity index (χ1v) is 10.8. The molecule has 2 aromatic heterocycles. The third kappa shape index (κ3) is 4.00. The minimum Gasteiger partial charge on any atom is -0.450 e. The van der Waals surface area contributed by atoms with Gasteiger partial charge in [0, 0.05) is 0 Å². The number of amides is 1. The second-order valence-corrected chi connectivity index (χ2v) is 8.23. The van der Waals surface area contributed by atoms with Gasteiger partial charge in [0.05, 0.1) is 38.5 Å². The highest BCUT2D eigenvalue weighted by Gasteiger charge is 2.27. The number of hydrogen-bond donors (Lipinski definition) is 2. The Morgan fingerprint density at radius 3 is 2.37 bits per heavy atom. The molecule has 0 saturated carbocycles. The molecule has 0 aliphatic rings. The molecule has 30 heavy (non-hydrogen) atoms. The van der Waals surface area contributed by atoms with Crippen LogP contribution in [0.3, 0.4) is 0 Å². The van der Waals surface area contributed by atoms with Gasteiger partial charge in [-0.05, 0) is 31.5 Å². The van der Waals surface area contributed by atoms with Gasteiger partial charge in [-0.3, -0.25) is 10.3 Å². The van der Waals surface area contributed by atoms with Crippen molar-refractivity contribution in [3.05, 3.63) is 36.2 Å². The van der Waals surface area contributed by atoms with E-state index in [0.29, 0.717) is 23.0 Å². The standard InChI is InChI=1S/C18H23N6O5P/c1-4-28-30(26,29-5-2)13-8-6-12(7-9-13)10-23-11-21-14-15(19)24(17(20)25)18(27-3)22-16(14)23/h6-9,11,19H,4-5,10H2,1-3H3,(H2,20,25)/p+1. The number of nitrogens with zero attached hydrogens (tertiary/aromatic N) is 4. The van der Waals surface area contributed by atoms with Crippen LogP contribution in [-0.4, -0.2) is 40.9 Å². The Bertz CT molecular complexity index is 1100. The number of carbonyl (C=O) groups excluding carboxylic acids is 1. The summed E-state index contributed by atoms with van der Waals surface area (Å²) in [5, 5.41) is 0.483. The second-order valence-electron chi connectivity index (χ2n) is 6.20. The molecular formula is C18H24N6O5P+. The fourth-order valence-electron chi connectivity index (χ4n) is 3.00. The second kappa shape index (κ2) is 8.78. The summed E-state index contributed by atoms with van der Waals surface area (Å²) in [5.74, 6) is 0.0350. The number of anilines is 1. The topological polar surface area (TPSA) is 148 Å². The van der Waals surface area contributed by atoms with E-state index in [2.05, 4.69) is 9.97 Å². The SMILES string of the molecule is CCOP(=O)(OCC)c1ccc(Cn2cnc3c(N)[n+](C(N)=O)c(OC)nc32)cc1. The highest BCUT2D eigenvalue weighted by molar-refractivity contribution is 7.62. The molecule has 0 saturated heterocycles. The monoisotopic (exact) mass is 435 g/mol. The molecule has 0 spiro atoms. The van der Waals surface area contributed by atoms with Crippen LogP contribution in [0.25, 0.3) is 11.2 Å². The molecule has 1 amide bonds. The number of hydrogen-bond acceptors (Lipinski definition) is 8. The molecule has 0 bridgehead atoms. The fourth-order valence-corrected chi connectivity index (χ4v) is 4.56. The maximum absolute atomic E-state index is 12.9. The Labute approximate surface area is 173 Å². The van der Waals surface area contributed by atoms with Gasteiger partial charge in [-0.1, -0.05) is 17.1 Å². The van der Waals surface area contributed by atoms with Gasteiger partial charge in [-0.15, -0.1) is 4.57 Å². The van der Waals surface area contributed by atoms with Crippen LogP contribution in [0.1, 0.15) is 19.4 Å². The van der Waals surface area contributed by atoms with Gasteiger partial charge in [0.25, 0.3) is 0 Å². The van der Waals surface area contributed by atoms with Crippen LogP contribution in [0.4, 0.5) is 10.6 Å². The Kier molecular flexibility index (Phi) is 6.35. The molecule has 0 aliphatic carbocycles. The van der Waals surface area contributed by atoms with Crippen molar-refractivity contribution in [2.75, 3.05) is 26.1 Å². The van der Waals surface area contributed by atoms with Crippen LogP contribution in [-0.2, 0) is 20.2 Å². The first-order chi connectivity index (χ1) is 14.3. The van der Waals surface area contributed by atoms with Gasteiger partial charge < -0.3 is 24.1 Å². The number of imidazole rings is 1. The first kappa shape index (κ1) is 21.7. The Balaban J connectivity index is 1.94. The van der Waals surface area contributed by atoms with Crippen molar-refractivity contribution in [1.82, 2.24) is 14.5 Å². The Morgan fingerprint density at radius 1 is 1.20 bits per heavy atom. The van der Waals surface area contributed by atoms with Gasteiger partial charge in [0.2, 0.25) is 11.5 Å². The number of nitrogen functional groups attached to an aromatic ring is 1. The van der Waals surface area contributed by atoms with Crippen molar-refractivity contribution >= 4 is 35.9 Å². The molecule has 11 nitrogen and oxygen atoms in total. The van der Waals surface area contributed by atoms with Crippen molar-refractivity contribution < 1.29 is 27.7 Å². The van der Waals surface area contributed by atoms with Crippen LogP contribution in [0.15, 0.2) is 30.6 Å². The number of carbonyl (C=O) groups is 1. The smallest absolute Gasteiger partial charge is 0.414 e. The van der Waals surface area contributed by atoms with Crippen LogP contribution >= 0.6 is 7.60 Å². The number of rotatable bonds is 8. The summed E-state index contributed by atoms with van der Waals surface area (Å²) in [6.07, 6.45) is 1.55. The van der Waals surface area contributed by atoms with Crippen molar-refractivity contribution in [3.63, 3.8) is 0 Å². The lowest BCUT2D eigenvalue weighted by Crippen LogP contribution is -2.51. The number of ether oxygens (including phenoxy) is 1. The van der Waals surface area contributed by atoms with Crippen molar-refractivity contribution in [1.29, 1.82) is 0 Å². The summed E-state index contributed by atoms with van der Waals surface area (Å²) >= 11 is 0. The van der Waals surface area contributed by atoms with Crippen LogP contribution < -0.4 is 26.1 Å². The average Bonchev–Trinajstić information content (AvgIpc) is 3.11. The predicted molar refractivity (Wildman–Crippen MR) is 110 cm³/mol. The number of primary amides is 1. The van der Waals surface area contributed by atoms with Gasteiger partial charge in [-0.2, -0.15) is 0 Å². The fraction of sp³-hybridized carbons (Fsp3) is 0.333. The molecule has 2 heterocycles. The average molecular weight is 435 g/mol. The zero-order valence-corrected chi connectivity index (χ0v) is 17.8. The highest BCUT2D eigenvalue weighted by atomic mass is 31.2. The molecular weight excluding hydrogens is 411 g/mol. The molecule has 4 N–H and O–H groups in total. The van der Waals surface area contributed by atoms with Crippen LogP contribution in [0.5, 0.6) is 6.01 Å². The van der Waals surface area contributed by atoms with E-state index in [9.17, 15) is 9.36 Å². The molecule has 0 aliphatic heterocycles. The van der Waals surface area contributed by atoms with Crippen molar-refractivity contribution in [3.8, 4) is 6.01 Å². The third-order valence-electron chi connectivity index (χ3n) is 4.29. The minimum absolute atomic E-state index is 0.0350. The summed E-state index contributed by atoms with van der Waals surface area (Å²) in [7, 11) is -1.98. The van der Waals surface area contributed by atoms with Gasteiger partial charge in [0.1, 0.15) is 0 Å². The lowest BCUT2D eigenvalue weighted by molar-refractivity contribution is -0.564.